The molecule has 3 aliphatic heterocycles. The number of carbonyl (C=O) groups is 4. The van der Waals surface area contributed by atoms with Crippen LogP contribution in [-0.4, -0.2) is 105 Å². The van der Waals surface area contributed by atoms with Gasteiger partial charge < -0.3 is 19.7 Å². The number of aryl methyl sites for hydroxylation is 1. The summed E-state index contributed by atoms with van der Waals surface area (Å²) < 4.78 is 18.2. The van der Waals surface area contributed by atoms with E-state index in [2.05, 4.69) is 60.8 Å². The molecule has 15 heteroatoms. The molecule has 3 aromatic carbocycles. The molecule has 60 heavy (non-hydrogen) atoms. The van der Waals surface area contributed by atoms with Crippen molar-refractivity contribution in [2.24, 2.45) is 0 Å². The van der Waals surface area contributed by atoms with E-state index in [0.717, 1.165) is 59.1 Å². The van der Waals surface area contributed by atoms with Gasteiger partial charge in [0, 0.05) is 99.5 Å². The van der Waals surface area contributed by atoms with Crippen LogP contribution in [-0.2, 0) is 16.1 Å². The van der Waals surface area contributed by atoms with Crippen molar-refractivity contribution >= 4 is 62.4 Å². The number of H-pyrrole nitrogens is 1. The lowest BCUT2D eigenvalue weighted by Gasteiger charge is -2.35. The van der Waals surface area contributed by atoms with Crippen molar-refractivity contribution in [3.05, 3.63) is 108 Å². The molecule has 0 saturated carbocycles. The number of pyridine rings is 1. The lowest BCUT2D eigenvalue weighted by atomic mass is 9.87. The lowest BCUT2D eigenvalue weighted by molar-refractivity contribution is -0.131. The molecule has 0 radical (unpaired) electrons. The molecule has 2 saturated heterocycles. The van der Waals surface area contributed by atoms with Crippen molar-refractivity contribution in [1.82, 2.24) is 40.1 Å². The van der Waals surface area contributed by atoms with Crippen LogP contribution in [0.1, 0.15) is 59.6 Å². The van der Waals surface area contributed by atoms with Gasteiger partial charge in [-0.15, -0.1) is 5.10 Å². The Labute approximate surface area is 345 Å². The maximum absolute atomic E-state index is 16.6. The molecule has 306 valence electrons. The monoisotopic (exact) mass is 808 g/mol. The summed E-state index contributed by atoms with van der Waals surface area (Å²) in [6, 6.07) is 17.7. The van der Waals surface area contributed by atoms with Crippen LogP contribution < -0.4 is 15.1 Å². The summed E-state index contributed by atoms with van der Waals surface area (Å²) in [6.07, 6.45) is 11.8. The van der Waals surface area contributed by atoms with E-state index in [1.54, 1.807) is 53.2 Å². The van der Waals surface area contributed by atoms with Crippen molar-refractivity contribution in [3.63, 3.8) is 0 Å². The fourth-order valence-corrected chi connectivity index (χ4v) is 8.80. The van der Waals surface area contributed by atoms with Crippen molar-refractivity contribution in [2.75, 3.05) is 56.6 Å². The van der Waals surface area contributed by atoms with E-state index in [-0.39, 0.29) is 42.6 Å². The zero-order valence-corrected chi connectivity index (χ0v) is 33.5. The molecule has 14 nitrogen and oxygen atoms in total. The van der Waals surface area contributed by atoms with Crippen LogP contribution in [0.5, 0.6) is 0 Å². The van der Waals surface area contributed by atoms with E-state index in [0.29, 0.717) is 54.3 Å². The average Bonchev–Trinajstić information content (AvgIpc) is 3.97. The zero-order chi connectivity index (χ0) is 41.5. The molecule has 2 fully saturated rings. The summed E-state index contributed by atoms with van der Waals surface area (Å²) in [5.41, 5.74) is 6.33. The number of halogens is 1. The highest BCUT2D eigenvalue weighted by Gasteiger charge is 2.29. The third kappa shape index (κ3) is 7.35. The minimum Gasteiger partial charge on any atom is -0.371 e. The van der Waals surface area contributed by atoms with Crippen LogP contribution in [0.4, 0.5) is 20.6 Å². The van der Waals surface area contributed by atoms with Crippen LogP contribution in [0.25, 0.3) is 38.4 Å². The standard InChI is InChI=1S/C45H45FN10O4/c1-52(2)44(59)37-24-35-33(23-34(42(46)43(35)49-37)31-5-4-17-54(27-31)41(58)15-20-55-22-16-48-51-55)30-10-8-28(9-11-30)29-12-18-53(19-13-29)38-7-3-6-32-36(38)25-47-26-39(32)56-21-14-40(57)50-45(56)60/h3,5-11,16,22-26,29,49H,4,12-15,17-21,27H2,1-2H3,(H,50,57,60). The van der Waals surface area contributed by atoms with Gasteiger partial charge in [0.05, 0.1) is 30.1 Å². The number of hydrogen-bond donors (Lipinski definition) is 2. The maximum atomic E-state index is 16.6. The molecular formula is C45H45FN10O4. The van der Waals surface area contributed by atoms with Gasteiger partial charge in [0.15, 0.2) is 5.82 Å². The second kappa shape index (κ2) is 16.0. The Morgan fingerprint density at radius 3 is 2.48 bits per heavy atom. The largest absolute Gasteiger partial charge is 0.371 e. The molecule has 3 aromatic heterocycles. The van der Waals surface area contributed by atoms with Gasteiger partial charge in [0.1, 0.15) is 5.69 Å². The topological polar surface area (TPSA) is 153 Å². The number of carbonyl (C=O) groups excluding carboxylic acids is 4. The molecule has 6 aromatic rings. The molecule has 6 heterocycles. The molecule has 0 bridgehead atoms. The van der Waals surface area contributed by atoms with E-state index in [9.17, 15) is 19.2 Å². The van der Waals surface area contributed by atoms with Crippen LogP contribution in [0.2, 0.25) is 0 Å². The molecular weight excluding hydrogens is 764 g/mol. The summed E-state index contributed by atoms with van der Waals surface area (Å²) >= 11 is 0. The number of aromatic amines is 1. The Hall–Kier alpha value is -6.90. The van der Waals surface area contributed by atoms with E-state index in [1.165, 1.54) is 10.5 Å². The second-order valence-corrected chi connectivity index (χ2v) is 15.9. The van der Waals surface area contributed by atoms with Crippen LogP contribution in [0.15, 0.2) is 85.5 Å². The van der Waals surface area contributed by atoms with Crippen molar-refractivity contribution in [1.29, 1.82) is 0 Å². The number of nitrogens with zero attached hydrogens (tertiary/aromatic N) is 8. The van der Waals surface area contributed by atoms with Crippen LogP contribution in [0, 0.1) is 5.82 Å². The number of piperidine rings is 1. The SMILES string of the molecule is CN(C)C(=O)c1cc2c(-c3ccc(C4CCN(c5cccc6c(N7CCC(=O)NC7=O)cncc56)CC4)cc3)cc(C3=CCCN(C(=O)CCn4ccnn4)C3)c(F)c2[nH]1. The first-order valence-corrected chi connectivity index (χ1v) is 20.3. The molecule has 2 N–H and O–H groups in total. The van der Waals surface area contributed by atoms with Gasteiger partial charge in [-0.2, -0.15) is 0 Å². The molecule has 0 aliphatic carbocycles. The molecule has 9 rings (SSSR count). The first-order valence-electron chi connectivity index (χ1n) is 20.3. The van der Waals surface area contributed by atoms with E-state index >= 15 is 4.39 Å². The summed E-state index contributed by atoms with van der Waals surface area (Å²) in [5, 5.41) is 12.7. The van der Waals surface area contributed by atoms with Gasteiger partial charge in [-0.05, 0) is 65.6 Å². The highest BCUT2D eigenvalue weighted by Crippen LogP contribution is 2.40. The van der Waals surface area contributed by atoms with E-state index < -0.39 is 11.8 Å². The number of nitrogens with one attached hydrogen (secondary N) is 2. The molecule has 0 atom stereocenters. The van der Waals surface area contributed by atoms with Gasteiger partial charge in [0.25, 0.3) is 5.91 Å². The van der Waals surface area contributed by atoms with Gasteiger partial charge in [-0.25, -0.2) is 9.18 Å². The fraction of sp³-hybridized carbons (Fsp3) is 0.311. The second-order valence-electron chi connectivity index (χ2n) is 15.9. The Morgan fingerprint density at radius 1 is 0.917 bits per heavy atom. The highest BCUT2D eigenvalue weighted by atomic mass is 19.1. The normalized spacial score (nSPS) is 16.4. The quantitative estimate of drug-likeness (QED) is 0.172. The van der Waals surface area contributed by atoms with Gasteiger partial charge in [-0.3, -0.25) is 34.3 Å². The third-order valence-electron chi connectivity index (χ3n) is 12.0. The smallest absolute Gasteiger partial charge is 0.328 e. The van der Waals surface area contributed by atoms with Gasteiger partial charge in [0.2, 0.25) is 11.8 Å². The summed E-state index contributed by atoms with van der Waals surface area (Å²) in [7, 11) is 3.33. The summed E-state index contributed by atoms with van der Waals surface area (Å²) in [6.45, 7) is 3.20. The number of imide groups is 1. The summed E-state index contributed by atoms with van der Waals surface area (Å²) in [4.78, 5) is 65.6. The molecule has 5 amide bonds. The minimum absolute atomic E-state index is 0.0378. The van der Waals surface area contributed by atoms with Crippen molar-refractivity contribution < 1.29 is 23.6 Å². The minimum atomic E-state index is -0.454. The molecule has 0 spiro atoms. The Kier molecular flexibility index (Phi) is 10.3. The number of aromatic nitrogens is 5. The fourth-order valence-electron chi connectivity index (χ4n) is 8.80. The predicted octanol–water partition coefficient (Wildman–Crippen LogP) is 6.35. The first-order chi connectivity index (χ1) is 29.1. The lowest BCUT2D eigenvalue weighted by Crippen LogP contribution is -2.49. The summed E-state index contributed by atoms with van der Waals surface area (Å²) in [5.74, 6) is -0.694. The number of rotatable bonds is 9. The molecule has 0 unspecified atom stereocenters. The highest BCUT2D eigenvalue weighted by molar-refractivity contribution is 6.11. The van der Waals surface area contributed by atoms with Crippen molar-refractivity contribution in [2.45, 2.75) is 44.6 Å². The van der Waals surface area contributed by atoms with E-state index in [4.69, 9.17) is 0 Å². The maximum Gasteiger partial charge on any atom is 0.328 e. The number of hydrogen-bond acceptors (Lipinski definition) is 8. The van der Waals surface area contributed by atoms with E-state index in [1.807, 2.05) is 30.5 Å². The van der Waals surface area contributed by atoms with Crippen LogP contribution >= 0.6 is 0 Å². The Bertz CT molecular complexity index is 2660. The first kappa shape index (κ1) is 38.6. The Balaban J connectivity index is 0.954. The Morgan fingerprint density at radius 2 is 1.73 bits per heavy atom. The number of urea groups is 1. The number of benzene rings is 3. The number of amides is 5. The number of fused-ring (bicyclic) bond motifs is 2. The van der Waals surface area contributed by atoms with Gasteiger partial charge in [-0.1, -0.05) is 47.7 Å². The third-order valence-corrected chi connectivity index (χ3v) is 12.0. The predicted molar refractivity (Wildman–Crippen MR) is 227 cm³/mol. The average molecular weight is 809 g/mol. The molecule has 3 aliphatic rings. The zero-order valence-electron chi connectivity index (χ0n) is 33.5. The number of anilines is 2. The van der Waals surface area contributed by atoms with Crippen LogP contribution in [0.3, 0.4) is 0 Å². The van der Waals surface area contributed by atoms with Gasteiger partial charge >= 0.3 is 6.03 Å². The van der Waals surface area contributed by atoms with Crippen molar-refractivity contribution in [3.8, 4) is 11.1 Å².